The van der Waals surface area contributed by atoms with Crippen LogP contribution in [0.3, 0.4) is 0 Å². The van der Waals surface area contributed by atoms with Crippen molar-refractivity contribution < 1.29 is 4.74 Å². The van der Waals surface area contributed by atoms with Crippen molar-refractivity contribution in [3.05, 3.63) is 48.0 Å². The molecule has 2 unspecified atom stereocenters. The molecule has 0 amide bonds. The third-order valence-corrected chi connectivity index (χ3v) is 4.64. The molecule has 1 aliphatic heterocycles. The summed E-state index contributed by atoms with van der Waals surface area (Å²) in [5.74, 6) is 0. The van der Waals surface area contributed by atoms with Gasteiger partial charge in [0.15, 0.2) is 0 Å². The van der Waals surface area contributed by atoms with E-state index >= 15 is 0 Å². The standard InChI is InChI=1S/C18H23NO/c1-18(11-6-12-20-18)17(19-2)13-15-9-5-8-14-7-3-4-10-16(14)15/h3-5,7-10,17,19H,6,11-13H2,1-2H3. The number of hydrogen-bond acceptors (Lipinski definition) is 2. The van der Waals surface area contributed by atoms with Gasteiger partial charge in [-0.15, -0.1) is 0 Å². The van der Waals surface area contributed by atoms with Gasteiger partial charge in [0, 0.05) is 12.6 Å². The van der Waals surface area contributed by atoms with Crippen LogP contribution in [0.4, 0.5) is 0 Å². The molecule has 2 heteroatoms. The van der Waals surface area contributed by atoms with Crippen molar-refractivity contribution in [2.24, 2.45) is 0 Å². The number of likely N-dealkylation sites (N-methyl/N-ethyl adjacent to an activating group) is 1. The Labute approximate surface area is 121 Å². The van der Waals surface area contributed by atoms with Crippen molar-refractivity contribution in [3.63, 3.8) is 0 Å². The van der Waals surface area contributed by atoms with Gasteiger partial charge in [-0.25, -0.2) is 0 Å². The highest BCUT2D eigenvalue weighted by Gasteiger charge is 2.37. The van der Waals surface area contributed by atoms with Gasteiger partial charge in [0.1, 0.15) is 0 Å². The molecule has 1 saturated heterocycles. The number of ether oxygens (including phenoxy) is 1. The van der Waals surface area contributed by atoms with E-state index in [-0.39, 0.29) is 5.60 Å². The molecule has 0 spiro atoms. The monoisotopic (exact) mass is 269 g/mol. The maximum atomic E-state index is 6.02. The number of benzene rings is 2. The summed E-state index contributed by atoms with van der Waals surface area (Å²) in [5.41, 5.74) is 1.37. The molecule has 1 N–H and O–H groups in total. The Morgan fingerprint density at radius 3 is 2.75 bits per heavy atom. The van der Waals surface area contributed by atoms with Crippen LogP contribution in [0.5, 0.6) is 0 Å². The van der Waals surface area contributed by atoms with E-state index in [0.717, 1.165) is 19.4 Å². The molecule has 20 heavy (non-hydrogen) atoms. The van der Waals surface area contributed by atoms with Gasteiger partial charge >= 0.3 is 0 Å². The third kappa shape index (κ3) is 2.46. The second-order valence-electron chi connectivity index (χ2n) is 5.95. The van der Waals surface area contributed by atoms with Gasteiger partial charge < -0.3 is 10.1 Å². The molecule has 1 aliphatic rings. The zero-order valence-corrected chi connectivity index (χ0v) is 12.4. The smallest absolute Gasteiger partial charge is 0.0810 e. The first-order chi connectivity index (χ1) is 9.73. The van der Waals surface area contributed by atoms with Gasteiger partial charge in [0.25, 0.3) is 0 Å². The quantitative estimate of drug-likeness (QED) is 0.916. The molecule has 1 heterocycles. The first kappa shape index (κ1) is 13.6. The van der Waals surface area contributed by atoms with Gasteiger partial charge in [-0.3, -0.25) is 0 Å². The molecule has 3 rings (SSSR count). The molecule has 1 fully saturated rings. The minimum absolute atomic E-state index is 0.0360. The Morgan fingerprint density at radius 1 is 1.20 bits per heavy atom. The van der Waals surface area contributed by atoms with Crippen molar-refractivity contribution >= 4 is 10.8 Å². The van der Waals surface area contributed by atoms with Crippen LogP contribution < -0.4 is 5.32 Å². The Morgan fingerprint density at radius 2 is 2.00 bits per heavy atom. The van der Waals surface area contributed by atoms with E-state index in [2.05, 4.69) is 54.7 Å². The topological polar surface area (TPSA) is 21.3 Å². The molecule has 0 bridgehead atoms. The van der Waals surface area contributed by atoms with E-state index < -0.39 is 0 Å². The highest BCUT2D eigenvalue weighted by molar-refractivity contribution is 5.85. The summed E-state index contributed by atoms with van der Waals surface area (Å²) in [6.07, 6.45) is 3.32. The molecule has 0 saturated carbocycles. The fourth-order valence-corrected chi connectivity index (χ4v) is 3.39. The second kappa shape index (κ2) is 5.55. The van der Waals surface area contributed by atoms with E-state index in [1.807, 2.05) is 7.05 Å². The summed E-state index contributed by atoms with van der Waals surface area (Å²) in [6, 6.07) is 15.6. The van der Waals surface area contributed by atoms with Crippen molar-refractivity contribution in [3.8, 4) is 0 Å². The molecule has 2 atom stereocenters. The lowest BCUT2D eigenvalue weighted by molar-refractivity contribution is -0.00935. The van der Waals surface area contributed by atoms with Crippen LogP contribution in [0.1, 0.15) is 25.3 Å². The summed E-state index contributed by atoms with van der Waals surface area (Å²) >= 11 is 0. The van der Waals surface area contributed by atoms with Crippen LogP contribution in [0.2, 0.25) is 0 Å². The van der Waals surface area contributed by atoms with E-state index in [0.29, 0.717) is 6.04 Å². The van der Waals surface area contributed by atoms with Crippen molar-refractivity contribution in [2.75, 3.05) is 13.7 Å². The summed E-state index contributed by atoms with van der Waals surface area (Å²) in [5, 5.41) is 6.15. The van der Waals surface area contributed by atoms with Crippen LogP contribution in [-0.4, -0.2) is 25.3 Å². The normalized spacial score (nSPS) is 24.1. The molecular formula is C18H23NO. The molecule has 2 nitrogen and oxygen atoms in total. The maximum Gasteiger partial charge on any atom is 0.0810 e. The Balaban J connectivity index is 1.91. The molecule has 2 aromatic rings. The lowest BCUT2D eigenvalue weighted by Gasteiger charge is -2.33. The number of hydrogen-bond donors (Lipinski definition) is 1. The minimum atomic E-state index is -0.0360. The van der Waals surface area contributed by atoms with Crippen LogP contribution in [-0.2, 0) is 11.2 Å². The summed E-state index contributed by atoms with van der Waals surface area (Å²) in [6.45, 7) is 3.14. The summed E-state index contributed by atoms with van der Waals surface area (Å²) in [4.78, 5) is 0. The minimum Gasteiger partial charge on any atom is -0.374 e. The molecule has 0 aromatic heterocycles. The number of fused-ring (bicyclic) bond motifs is 1. The SMILES string of the molecule is CNC(Cc1cccc2ccccc12)C1(C)CCCO1. The molecule has 106 valence electrons. The Bertz CT molecular complexity index is 581. The molecular weight excluding hydrogens is 246 g/mol. The highest BCUT2D eigenvalue weighted by Crippen LogP contribution is 2.31. The van der Waals surface area contributed by atoms with Crippen molar-refractivity contribution in [1.29, 1.82) is 0 Å². The Hall–Kier alpha value is -1.38. The lowest BCUT2D eigenvalue weighted by atomic mass is 9.87. The first-order valence-electron chi connectivity index (χ1n) is 7.51. The van der Waals surface area contributed by atoms with E-state index in [1.165, 1.54) is 22.8 Å². The predicted octanol–water partition coefficient (Wildman–Crippen LogP) is 3.54. The van der Waals surface area contributed by atoms with Gasteiger partial charge in [-0.1, -0.05) is 42.5 Å². The fraction of sp³-hybridized carbons (Fsp3) is 0.444. The first-order valence-corrected chi connectivity index (χ1v) is 7.51. The second-order valence-corrected chi connectivity index (χ2v) is 5.95. The largest absolute Gasteiger partial charge is 0.374 e. The molecule has 0 aliphatic carbocycles. The number of rotatable bonds is 4. The van der Waals surface area contributed by atoms with Gasteiger partial charge in [0.2, 0.25) is 0 Å². The summed E-state index contributed by atoms with van der Waals surface area (Å²) < 4.78 is 6.02. The highest BCUT2D eigenvalue weighted by atomic mass is 16.5. The average molecular weight is 269 g/mol. The van der Waals surface area contributed by atoms with Crippen molar-refractivity contribution in [1.82, 2.24) is 5.32 Å². The van der Waals surface area contributed by atoms with Crippen LogP contribution in [0.25, 0.3) is 10.8 Å². The predicted molar refractivity (Wildman–Crippen MR) is 84.1 cm³/mol. The maximum absolute atomic E-state index is 6.02. The lowest BCUT2D eigenvalue weighted by Crippen LogP contribution is -2.48. The summed E-state index contributed by atoms with van der Waals surface area (Å²) in [7, 11) is 2.04. The van der Waals surface area contributed by atoms with E-state index in [4.69, 9.17) is 4.74 Å². The van der Waals surface area contributed by atoms with Crippen LogP contribution in [0, 0.1) is 0 Å². The average Bonchev–Trinajstić information content (AvgIpc) is 2.92. The fourth-order valence-electron chi connectivity index (χ4n) is 3.39. The van der Waals surface area contributed by atoms with Gasteiger partial charge in [-0.05, 0) is 49.6 Å². The third-order valence-electron chi connectivity index (χ3n) is 4.64. The number of nitrogens with one attached hydrogen (secondary N) is 1. The van der Waals surface area contributed by atoms with E-state index in [9.17, 15) is 0 Å². The molecule has 2 aromatic carbocycles. The molecule has 0 radical (unpaired) electrons. The van der Waals surface area contributed by atoms with Crippen LogP contribution in [0.15, 0.2) is 42.5 Å². The van der Waals surface area contributed by atoms with Gasteiger partial charge in [-0.2, -0.15) is 0 Å². The zero-order valence-electron chi connectivity index (χ0n) is 12.4. The van der Waals surface area contributed by atoms with E-state index in [1.54, 1.807) is 0 Å². The van der Waals surface area contributed by atoms with Gasteiger partial charge in [0.05, 0.1) is 5.60 Å². The Kier molecular flexibility index (Phi) is 3.77. The zero-order chi connectivity index (χ0) is 14.0. The van der Waals surface area contributed by atoms with Crippen LogP contribution >= 0.6 is 0 Å². The van der Waals surface area contributed by atoms with Crippen molar-refractivity contribution in [2.45, 2.75) is 37.8 Å².